The van der Waals surface area contributed by atoms with Crippen molar-refractivity contribution in [3.05, 3.63) is 0 Å². The Bertz CT molecular complexity index is 749. The van der Waals surface area contributed by atoms with Gasteiger partial charge >= 0.3 is 17.8 Å². The Hall–Kier alpha value is -1.97. The van der Waals surface area contributed by atoms with Gasteiger partial charge in [0.25, 0.3) is 0 Å². The summed E-state index contributed by atoms with van der Waals surface area (Å²) in [5.41, 5.74) is 0. The first-order valence-corrected chi connectivity index (χ1v) is 10.7. The summed E-state index contributed by atoms with van der Waals surface area (Å²) in [5, 5.41) is 2.53. The van der Waals surface area contributed by atoms with Crippen LogP contribution in [-0.4, -0.2) is 72.1 Å². The van der Waals surface area contributed by atoms with E-state index in [2.05, 4.69) is 5.32 Å². The summed E-state index contributed by atoms with van der Waals surface area (Å²) in [6, 6.07) is -1.60. The van der Waals surface area contributed by atoms with Crippen LogP contribution in [0.3, 0.4) is 0 Å². The molecule has 0 unspecified atom stereocenters. The molecule has 0 bridgehead atoms. The highest BCUT2D eigenvalue weighted by Gasteiger charge is 2.49. The van der Waals surface area contributed by atoms with Gasteiger partial charge in [-0.2, -0.15) is 0 Å². The quantitative estimate of drug-likeness (QED) is 0.522. The molecule has 1 N–H and O–H groups in total. The fourth-order valence-electron chi connectivity index (χ4n) is 3.96. The molecule has 0 aromatic carbocycles. The van der Waals surface area contributed by atoms with Gasteiger partial charge in [0.15, 0.2) is 9.84 Å². The van der Waals surface area contributed by atoms with Gasteiger partial charge in [-0.3, -0.25) is 19.3 Å². The van der Waals surface area contributed by atoms with Crippen LogP contribution in [0.5, 0.6) is 0 Å². The largest absolute Gasteiger partial charge is 0.351 e. The smallest absolute Gasteiger partial charge is 0.334 e. The summed E-state index contributed by atoms with van der Waals surface area (Å²) in [6.45, 7) is 1.38. The molecule has 3 atom stereocenters. The Morgan fingerprint density at radius 3 is 2.42 bits per heavy atom. The molecule has 2 saturated heterocycles. The van der Waals surface area contributed by atoms with E-state index >= 15 is 0 Å². The highest BCUT2D eigenvalue weighted by atomic mass is 32.2. The molecule has 1 saturated carbocycles. The average Bonchev–Trinajstić information content (AvgIpc) is 3.00. The average molecular weight is 385 g/mol. The van der Waals surface area contributed by atoms with Gasteiger partial charge in [0, 0.05) is 12.1 Å². The Kier molecular flexibility index (Phi) is 5.05. The van der Waals surface area contributed by atoms with Crippen molar-refractivity contribution in [2.75, 3.05) is 18.1 Å². The van der Waals surface area contributed by atoms with E-state index in [9.17, 15) is 27.6 Å². The van der Waals surface area contributed by atoms with E-state index < -0.39 is 46.2 Å². The number of carbonyl (C=O) groups is 4. The van der Waals surface area contributed by atoms with E-state index in [1.54, 1.807) is 0 Å². The van der Waals surface area contributed by atoms with E-state index in [-0.39, 0.29) is 23.5 Å². The lowest BCUT2D eigenvalue weighted by Gasteiger charge is -2.34. The highest BCUT2D eigenvalue weighted by Crippen LogP contribution is 2.31. The third-order valence-electron chi connectivity index (χ3n) is 5.38. The lowest BCUT2D eigenvalue weighted by atomic mass is 9.85. The van der Waals surface area contributed by atoms with Gasteiger partial charge < -0.3 is 5.32 Å². The first-order chi connectivity index (χ1) is 12.2. The number of amides is 5. The maximum atomic E-state index is 12.6. The van der Waals surface area contributed by atoms with Gasteiger partial charge in [-0.15, -0.1) is 0 Å². The molecule has 9 nitrogen and oxygen atoms in total. The molecule has 26 heavy (non-hydrogen) atoms. The second-order valence-corrected chi connectivity index (χ2v) is 9.57. The maximum absolute atomic E-state index is 12.6. The Balaban J connectivity index is 1.65. The predicted octanol–water partition coefficient (Wildman–Crippen LogP) is -0.341. The van der Waals surface area contributed by atoms with E-state index in [0.717, 1.165) is 24.2 Å². The molecule has 10 heteroatoms. The summed E-state index contributed by atoms with van der Waals surface area (Å²) in [5.74, 6) is -2.55. The minimum atomic E-state index is -3.15. The third-order valence-corrected chi connectivity index (χ3v) is 7.15. The fourth-order valence-corrected chi connectivity index (χ4v) is 5.63. The summed E-state index contributed by atoms with van der Waals surface area (Å²) in [4.78, 5) is 50.8. The minimum Gasteiger partial charge on any atom is -0.351 e. The zero-order chi connectivity index (χ0) is 19.1. The molecular weight excluding hydrogens is 362 g/mol. The number of nitrogens with zero attached hydrogens (tertiary/aromatic N) is 2. The molecule has 3 rings (SSSR count). The molecule has 0 aromatic heterocycles. The van der Waals surface area contributed by atoms with Gasteiger partial charge in [0.05, 0.1) is 11.5 Å². The van der Waals surface area contributed by atoms with E-state index in [1.807, 2.05) is 6.92 Å². The summed E-state index contributed by atoms with van der Waals surface area (Å²) in [6.07, 6.45) is 3.76. The highest BCUT2D eigenvalue weighted by molar-refractivity contribution is 7.91. The summed E-state index contributed by atoms with van der Waals surface area (Å²) < 4.78 is 22.9. The predicted molar refractivity (Wildman–Crippen MR) is 90.6 cm³/mol. The van der Waals surface area contributed by atoms with Crippen molar-refractivity contribution < 1.29 is 27.6 Å². The zero-order valence-electron chi connectivity index (χ0n) is 14.6. The standard InChI is InChI=1S/C16H23N3O6S/c1-10-4-2-3-5-12(10)19-15(22)14(21)18(16(19)23)8-13(20)17-11-6-7-26(24,25)9-11/h10-12H,2-9H2,1H3,(H,17,20)/t10-,11+,12+/m0/s1. The summed E-state index contributed by atoms with van der Waals surface area (Å²) in [7, 11) is -3.15. The number of sulfone groups is 1. The van der Waals surface area contributed by atoms with Gasteiger partial charge in [0.2, 0.25) is 5.91 Å². The van der Waals surface area contributed by atoms with Gasteiger partial charge in [0.1, 0.15) is 6.54 Å². The van der Waals surface area contributed by atoms with E-state index in [4.69, 9.17) is 0 Å². The molecule has 3 aliphatic rings. The van der Waals surface area contributed by atoms with Gasteiger partial charge in [-0.1, -0.05) is 19.8 Å². The van der Waals surface area contributed by atoms with E-state index in [0.29, 0.717) is 17.7 Å². The van der Waals surface area contributed by atoms with Crippen LogP contribution in [0.4, 0.5) is 4.79 Å². The normalized spacial score (nSPS) is 31.6. The minimum absolute atomic E-state index is 0.00531. The molecule has 0 aromatic rings. The number of rotatable bonds is 4. The molecule has 2 heterocycles. The second kappa shape index (κ2) is 6.98. The third kappa shape index (κ3) is 3.60. The first kappa shape index (κ1) is 18.8. The fraction of sp³-hybridized carbons (Fsp3) is 0.750. The van der Waals surface area contributed by atoms with Crippen LogP contribution in [-0.2, 0) is 24.2 Å². The van der Waals surface area contributed by atoms with Crippen LogP contribution in [0.2, 0.25) is 0 Å². The van der Waals surface area contributed by atoms with Crippen molar-refractivity contribution >= 4 is 33.6 Å². The van der Waals surface area contributed by atoms with E-state index in [1.165, 1.54) is 0 Å². The molecule has 5 amide bonds. The van der Waals surface area contributed by atoms with Crippen LogP contribution < -0.4 is 5.32 Å². The number of nitrogens with one attached hydrogen (secondary N) is 1. The lowest BCUT2D eigenvalue weighted by molar-refractivity contribution is -0.145. The first-order valence-electron chi connectivity index (χ1n) is 8.88. The Morgan fingerprint density at radius 1 is 1.12 bits per heavy atom. The Labute approximate surface area is 152 Å². The van der Waals surface area contributed by atoms with Crippen LogP contribution in [0.25, 0.3) is 0 Å². The molecular formula is C16H23N3O6S. The molecule has 144 valence electrons. The topological polar surface area (TPSA) is 121 Å². The number of urea groups is 1. The van der Waals surface area contributed by atoms with Crippen molar-refractivity contribution in [3.8, 4) is 0 Å². The van der Waals surface area contributed by atoms with Crippen LogP contribution >= 0.6 is 0 Å². The van der Waals surface area contributed by atoms with Gasteiger partial charge in [-0.25, -0.2) is 18.1 Å². The SMILES string of the molecule is C[C@H]1CCCC[C@H]1N1C(=O)C(=O)N(CC(=O)N[C@@H]2CCS(=O)(=O)C2)C1=O. The maximum Gasteiger partial charge on any atom is 0.334 e. The molecule has 3 fully saturated rings. The number of hydrogen-bond acceptors (Lipinski definition) is 6. The Morgan fingerprint density at radius 2 is 1.81 bits per heavy atom. The monoisotopic (exact) mass is 385 g/mol. The molecule has 2 aliphatic heterocycles. The molecule has 1 aliphatic carbocycles. The van der Waals surface area contributed by atoms with Crippen molar-refractivity contribution in [1.29, 1.82) is 0 Å². The lowest BCUT2D eigenvalue weighted by Crippen LogP contribution is -2.47. The second-order valence-electron chi connectivity index (χ2n) is 7.35. The van der Waals surface area contributed by atoms with Gasteiger partial charge in [-0.05, 0) is 25.2 Å². The number of carbonyl (C=O) groups excluding carboxylic acids is 4. The zero-order valence-corrected chi connectivity index (χ0v) is 15.5. The summed E-state index contributed by atoms with van der Waals surface area (Å²) >= 11 is 0. The van der Waals surface area contributed by atoms with Crippen molar-refractivity contribution in [3.63, 3.8) is 0 Å². The number of hydrogen-bond donors (Lipinski definition) is 1. The van der Waals surface area contributed by atoms with Crippen LogP contribution in [0.15, 0.2) is 0 Å². The molecule has 0 spiro atoms. The number of imide groups is 2. The van der Waals surface area contributed by atoms with Crippen molar-refractivity contribution in [2.45, 2.75) is 51.1 Å². The van der Waals surface area contributed by atoms with Crippen molar-refractivity contribution in [2.24, 2.45) is 5.92 Å². The van der Waals surface area contributed by atoms with Crippen molar-refractivity contribution in [1.82, 2.24) is 15.1 Å². The molecule has 0 radical (unpaired) electrons. The van der Waals surface area contributed by atoms with Crippen LogP contribution in [0, 0.1) is 5.92 Å². The van der Waals surface area contributed by atoms with Crippen LogP contribution in [0.1, 0.15) is 39.0 Å².